The van der Waals surface area contributed by atoms with Gasteiger partial charge in [0, 0.05) is 24.8 Å². The molecule has 31 heavy (non-hydrogen) atoms. The second-order valence-electron chi connectivity index (χ2n) is 7.82. The lowest BCUT2D eigenvalue weighted by Crippen LogP contribution is -2.47. The predicted octanol–water partition coefficient (Wildman–Crippen LogP) is 3.74. The number of carbonyl (C=O) groups excluding carboxylic acids is 1. The quantitative estimate of drug-likeness (QED) is 0.526. The van der Waals surface area contributed by atoms with Crippen LogP contribution in [-0.2, 0) is 4.74 Å². The van der Waals surface area contributed by atoms with Gasteiger partial charge in [-0.15, -0.1) is 0 Å². The first-order chi connectivity index (χ1) is 15.3. The third-order valence-electron chi connectivity index (χ3n) is 6.05. The molecule has 2 aliphatic rings. The van der Waals surface area contributed by atoms with Crippen molar-refractivity contribution in [3.63, 3.8) is 0 Å². The molecule has 4 aromatic rings. The Hall–Kier alpha value is -3.71. The lowest BCUT2D eigenvalue weighted by Gasteiger charge is -2.29. The molecule has 1 aliphatic heterocycles. The summed E-state index contributed by atoms with van der Waals surface area (Å²) in [6.07, 6.45) is 3.53. The molecular weight excluding hydrogens is 390 g/mol. The van der Waals surface area contributed by atoms with E-state index < -0.39 is 0 Å². The molecule has 1 fully saturated rings. The van der Waals surface area contributed by atoms with E-state index in [4.69, 9.17) is 9.72 Å². The number of carbonyl (C=O) groups is 1. The number of H-pyrrole nitrogens is 1. The molecular formula is C24H21N5O2. The highest BCUT2D eigenvalue weighted by atomic mass is 16.5. The number of urea groups is 1. The Morgan fingerprint density at radius 3 is 2.71 bits per heavy atom. The highest BCUT2D eigenvalue weighted by molar-refractivity contribution is 5.92. The van der Waals surface area contributed by atoms with Crippen molar-refractivity contribution in [2.24, 2.45) is 0 Å². The lowest BCUT2D eigenvalue weighted by atomic mass is 9.99. The number of aromatic amines is 1. The first kappa shape index (κ1) is 18.1. The van der Waals surface area contributed by atoms with Gasteiger partial charge in [0.15, 0.2) is 0 Å². The number of amides is 2. The van der Waals surface area contributed by atoms with Crippen molar-refractivity contribution in [2.75, 3.05) is 26.3 Å². The van der Waals surface area contributed by atoms with Crippen LogP contribution in [0.5, 0.6) is 0 Å². The van der Waals surface area contributed by atoms with E-state index in [1.54, 1.807) is 12.4 Å². The van der Waals surface area contributed by atoms with E-state index in [0.717, 1.165) is 44.7 Å². The zero-order chi connectivity index (χ0) is 20.8. The third-order valence-corrected chi connectivity index (χ3v) is 6.05. The van der Waals surface area contributed by atoms with Crippen LogP contribution in [0.4, 0.5) is 4.79 Å². The Labute approximate surface area is 179 Å². The molecule has 154 valence electrons. The molecule has 1 atom stereocenters. The Kier molecular flexibility index (Phi) is 4.21. The normalized spacial score (nSPS) is 17.4. The smallest absolute Gasteiger partial charge is 0.318 e. The number of nitrogens with one attached hydrogen (secondary N) is 2. The molecule has 0 saturated carbocycles. The summed E-state index contributed by atoms with van der Waals surface area (Å²) in [5.41, 5.74) is 7.22. The monoisotopic (exact) mass is 411 g/mol. The van der Waals surface area contributed by atoms with Crippen LogP contribution >= 0.6 is 0 Å². The number of hydrogen-bond donors (Lipinski definition) is 2. The van der Waals surface area contributed by atoms with Crippen molar-refractivity contribution in [3.05, 3.63) is 72.1 Å². The van der Waals surface area contributed by atoms with Gasteiger partial charge in [0.25, 0.3) is 0 Å². The van der Waals surface area contributed by atoms with Crippen molar-refractivity contribution in [2.45, 2.75) is 6.04 Å². The van der Waals surface area contributed by atoms with Gasteiger partial charge >= 0.3 is 6.03 Å². The fourth-order valence-electron chi connectivity index (χ4n) is 4.57. The van der Waals surface area contributed by atoms with Crippen LogP contribution in [0, 0.1) is 0 Å². The van der Waals surface area contributed by atoms with Gasteiger partial charge in [0.1, 0.15) is 5.82 Å². The average Bonchev–Trinajstić information content (AvgIpc) is 3.39. The van der Waals surface area contributed by atoms with Gasteiger partial charge in [-0.2, -0.15) is 0 Å². The second kappa shape index (κ2) is 7.21. The number of benzene rings is 2. The molecule has 2 aromatic carbocycles. The van der Waals surface area contributed by atoms with E-state index in [0.29, 0.717) is 26.3 Å². The van der Waals surface area contributed by atoms with E-state index in [1.165, 1.54) is 0 Å². The van der Waals surface area contributed by atoms with Gasteiger partial charge < -0.3 is 19.9 Å². The first-order valence-electron chi connectivity index (χ1n) is 10.4. The van der Waals surface area contributed by atoms with Crippen molar-refractivity contribution >= 4 is 17.1 Å². The molecule has 2 amide bonds. The summed E-state index contributed by atoms with van der Waals surface area (Å²) in [6, 6.07) is 16.1. The van der Waals surface area contributed by atoms with Crippen molar-refractivity contribution < 1.29 is 9.53 Å². The molecule has 1 unspecified atom stereocenters. The van der Waals surface area contributed by atoms with Gasteiger partial charge in [-0.1, -0.05) is 42.5 Å². The van der Waals surface area contributed by atoms with Crippen LogP contribution in [0.15, 0.2) is 60.9 Å². The third kappa shape index (κ3) is 2.97. The van der Waals surface area contributed by atoms with Crippen LogP contribution in [0.1, 0.15) is 17.2 Å². The molecule has 1 saturated heterocycles. The van der Waals surface area contributed by atoms with Crippen LogP contribution in [0.2, 0.25) is 0 Å². The number of rotatable bonds is 2. The van der Waals surface area contributed by atoms with E-state index in [-0.39, 0.29) is 12.1 Å². The van der Waals surface area contributed by atoms with E-state index in [2.05, 4.69) is 39.6 Å². The number of imidazole rings is 1. The zero-order valence-electron chi connectivity index (χ0n) is 16.8. The van der Waals surface area contributed by atoms with Gasteiger partial charge in [-0.25, -0.2) is 9.78 Å². The van der Waals surface area contributed by atoms with Crippen molar-refractivity contribution in [1.29, 1.82) is 0 Å². The molecule has 0 bridgehead atoms. The molecule has 0 spiro atoms. The maximum atomic E-state index is 13.0. The molecule has 6 rings (SSSR count). The van der Waals surface area contributed by atoms with Gasteiger partial charge in [-0.05, 0) is 28.3 Å². The Bertz CT molecular complexity index is 1260. The molecule has 0 radical (unpaired) electrons. The highest BCUT2D eigenvalue weighted by Crippen LogP contribution is 2.47. The number of fused-ring (bicyclic) bond motifs is 4. The minimum Gasteiger partial charge on any atom is -0.378 e. The molecule has 2 aromatic heterocycles. The molecule has 2 N–H and O–H groups in total. The van der Waals surface area contributed by atoms with Crippen LogP contribution in [0.25, 0.3) is 33.5 Å². The number of morpholine rings is 1. The van der Waals surface area contributed by atoms with Crippen LogP contribution in [0.3, 0.4) is 0 Å². The summed E-state index contributed by atoms with van der Waals surface area (Å²) < 4.78 is 5.39. The fraction of sp³-hybridized carbons (Fsp3) is 0.208. The lowest BCUT2D eigenvalue weighted by molar-refractivity contribution is 0.0528. The summed E-state index contributed by atoms with van der Waals surface area (Å²) in [4.78, 5) is 27.2. The number of pyridine rings is 1. The largest absolute Gasteiger partial charge is 0.378 e. The Morgan fingerprint density at radius 2 is 1.84 bits per heavy atom. The Balaban J connectivity index is 1.45. The standard InChI is InChI=1S/C24H21N5O2/c30-24(29-10-12-31-13-11-29)28-22-16-5-2-1-4-15(16)21-17(22)6-3-7-18(21)23-26-19-8-9-25-14-20(19)27-23/h1-9,14,22H,10-13H2,(H,26,27)(H,28,30). The summed E-state index contributed by atoms with van der Waals surface area (Å²) in [5, 5.41) is 3.26. The summed E-state index contributed by atoms with van der Waals surface area (Å²) >= 11 is 0. The maximum Gasteiger partial charge on any atom is 0.318 e. The maximum absolute atomic E-state index is 13.0. The number of hydrogen-bond acceptors (Lipinski definition) is 4. The predicted molar refractivity (Wildman–Crippen MR) is 118 cm³/mol. The SMILES string of the molecule is O=C(NC1c2ccccc2-c2c(-c3nc4ccncc4[nH]3)cccc21)N1CCOCC1. The number of aromatic nitrogens is 3. The van der Waals surface area contributed by atoms with E-state index in [1.807, 2.05) is 29.2 Å². The highest BCUT2D eigenvalue weighted by Gasteiger charge is 2.33. The first-order valence-corrected chi connectivity index (χ1v) is 10.4. The van der Waals surface area contributed by atoms with Gasteiger partial charge in [-0.3, -0.25) is 4.98 Å². The van der Waals surface area contributed by atoms with Crippen molar-refractivity contribution in [1.82, 2.24) is 25.2 Å². The average molecular weight is 411 g/mol. The van der Waals surface area contributed by atoms with Crippen molar-refractivity contribution in [3.8, 4) is 22.5 Å². The Morgan fingerprint density at radius 1 is 1.03 bits per heavy atom. The number of nitrogens with zero attached hydrogens (tertiary/aromatic N) is 3. The summed E-state index contributed by atoms with van der Waals surface area (Å²) in [7, 11) is 0. The molecule has 7 nitrogen and oxygen atoms in total. The molecule has 1 aliphatic carbocycles. The minimum atomic E-state index is -0.201. The molecule has 3 heterocycles. The molecule has 7 heteroatoms. The topological polar surface area (TPSA) is 83.1 Å². The second-order valence-corrected chi connectivity index (χ2v) is 7.82. The summed E-state index contributed by atoms with van der Waals surface area (Å²) in [5.74, 6) is 0.801. The minimum absolute atomic E-state index is 0.0591. The zero-order valence-corrected chi connectivity index (χ0v) is 16.8. The van der Waals surface area contributed by atoms with Gasteiger partial charge in [0.05, 0.1) is 36.5 Å². The van der Waals surface area contributed by atoms with E-state index >= 15 is 0 Å². The van der Waals surface area contributed by atoms with Crippen LogP contribution in [-0.4, -0.2) is 52.2 Å². The van der Waals surface area contributed by atoms with E-state index in [9.17, 15) is 4.79 Å². The summed E-state index contributed by atoms with van der Waals surface area (Å²) in [6.45, 7) is 2.38. The van der Waals surface area contributed by atoms with Gasteiger partial charge in [0.2, 0.25) is 0 Å². The van der Waals surface area contributed by atoms with Crippen LogP contribution < -0.4 is 5.32 Å². The fourth-order valence-corrected chi connectivity index (χ4v) is 4.57. The number of ether oxygens (including phenoxy) is 1.